The van der Waals surface area contributed by atoms with E-state index in [2.05, 4.69) is 15.3 Å². The van der Waals surface area contributed by atoms with Crippen molar-refractivity contribution in [2.45, 2.75) is 38.2 Å². The molecule has 0 aliphatic heterocycles. The van der Waals surface area contributed by atoms with Crippen LogP contribution in [0.2, 0.25) is 0 Å². The minimum absolute atomic E-state index is 0.184. The molecule has 3 aromatic carbocycles. The van der Waals surface area contributed by atoms with Crippen molar-refractivity contribution < 1.29 is 29.0 Å². The number of carboxylic acids is 1. The number of benzene rings is 3. The van der Waals surface area contributed by atoms with Crippen molar-refractivity contribution in [2.75, 3.05) is 12.9 Å². The average molecular weight is 563 g/mol. The van der Waals surface area contributed by atoms with Gasteiger partial charge in [-0.25, -0.2) is 9.59 Å². The number of nitrogens with zero attached hydrogens (tertiary/aromatic N) is 3. The monoisotopic (exact) mass is 562 g/mol. The molecule has 3 aromatic rings. The molecule has 0 fully saturated rings. The Kier molecular flexibility index (Phi) is 10.2. The predicted molar refractivity (Wildman–Crippen MR) is 154 cm³/mol. The molecule has 2 amide bonds. The van der Waals surface area contributed by atoms with Gasteiger partial charge in [0.05, 0.1) is 12.7 Å². The molecule has 0 aliphatic rings. The third-order valence-corrected chi connectivity index (χ3v) is 6.70. The molecule has 1 unspecified atom stereocenters. The van der Waals surface area contributed by atoms with Gasteiger partial charge in [0.1, 0.15) is 17.4 Å². The Bertz CT molecular complexity index is 1430. The van der Waals surface area contributed by atoms with E-state index in [1.165, 1.54) is 18.9 Å². The van der Waals surface area contributed by atoms with Gasteiger partial charge >= 0.3 is 12.1 Å². The molecule has 0 radical (unpaired) electrons. The number of hydrogen-bond donors (Lipinski definition) is 2. The molecular weight excluding hydrogens is 532 g/mol. The zero-order valence-corrected chi connectivity index (χ0v) is 23.4. The summed E-state index contributed by atoms with van der Waals surface area (Å²) >= 11 is 1.40. The van der Waals surface area contributed by atoms with Crippen LogP contribution in [0.4, 0.5) is 4.79 Å². The lowest BCUT2D eigenvalue weighted by Crippen LogP contribution is -2.44. The minimum Gasteiger partial charge on any atom is -0.496 e. The van der Waals surface area contributed by atoms with Gasteiger partial charge in [-0.3, -0.25) is 4.79 Å². The van der Waals surface area contributed by atoms with Crippen LogP contribution in [0.3, 0.4) is 0 Å². The first-order valence-electron chi connectivity index (χ1n) is 12.3. The van der Waals surface area contributed by atoms with Crippen LogP contribution in [0.15, 0.2) is 71.8 Å². The van der Waals surface area contributed by atoms with Gasteiger partial charge in [-0.15, -0.1) is 0 Å². The van der Waals surface area contributed by atoms with Crippen molar-refractivity contribution in [3.63, 3.8) is 0 Å². The summed E-state index contributed by atoms with van der Waals surface area (Å²) in [7, 11) is 1.45. The molecule has 0 bridgehead atoms. The number of methoxy groups -OCH3 is 1. The molecule has 0 aromatic heterocycles. The van der Waals surface area contributed by atoms with Gasteiger partial charge in [0.15, 0.2) is 0 Å². The number of nitrogens with one attached hydrogen (secondary N) is 1. The van der Waals surface area contributed by atoms with Crippen LogP contribution in [0, 0.1) is 0 Å². The first-order chi connectivity index (χ1) is 19.0. The number of carboxylic acid groups (broad SMARTS) is 1. The maximum Gasteiger partial charge on any atom is 0.408 e. The van der Waals surface area contributed by atoms with Crippen LogP contribution in [0.1, 0.15) is 36.7 Å². The standard InChI is InChI=1S/C29H30N4O6S/c1-29(2,3)39-28(37)31-24(27(35)36)17-40-16-18-8-10-19(11-9-18)20-6-5-7-21(14-20)22-12-13-23(25(15-22)38-4)26(34)32-33-30/h5-15,24H,16-17H2,1-4H3,(H,31,37)(H,35,36). The third-order valence-electron chi connectivity index (χ3n) is 5.59. The summed E-state index contributed by atoms with van der Waals surface area (Å²) in [6.45, 7) is 5.14. The number of carbonyl (C=O) groups excluding carboxylic acids is 2. The maximum absolute atomic E-state index is 12.0. The number of aliphatic carboxylic acids is 1. The number of azide groups is 1. The molecule has 10 nitrogen and oxygen atoms in total. The van der Waals surface area contributed by atoms with E-state index >= 15 is 0 Å². The van der Waals surface area contributed by atoms with Crippen molar-refractivity contribution in [2.24, 2.45) is 5.11 Å². The fraction of sp³-hybridized carbons (Fsp3) is 0.276. The number of rotatable bonds is 10. The zero-order chi connectivity index (χ0) is 29.3. The SMILES string of the molecule is COc1cc(-c2cccc(-c3ccc(CSCC(NC(=O)OC(C)(C)C)C(=O)O)cc3)c2)ccc1C(=O)N=[N+]=[N-]. The van der Waals surface area contributed by atoms with Crippen LogP contribution in [-0.4, -0.2) is 47.6 Å². The van der Waals surface area contributed by atoms with Gasteiger partial charge in [0, 0.05) is 16.4 Å². The Morgan fingerprint density at radius 3 is 2.23 bits per heavy atom. The van der Waals surface area contributed by atoms with Gasteiger partial charge in [-0.05, 0) is 77.4 Å². The van der Waals surface area contributed by atoms with E-state index in [-0.39, 0.29) is 11.3 Å². The molecule has 11 heteroatoms. The lowest BCUT2D eigenvalue weighted by Gasteiger charge is -2.21. The molecule has 0 saturated carbocycles. The van der Waals surface area contributed by atoms with Crippen LogP contribution in [-0.2, 0) is 15.3 Å². The Hall–Kier alpha value is -4.47. The van der Waals surface area contributed by atoms with E-state index in [1.54, 1.807) is 39.0 Å². The van der Waals surface area contributed by atoms with Crippen molar-refractivity contribution in [1.29, 1.82) is 0 Å². The van der Waals surface area contributed by atoms with E-state index in [0.717, 1.165) is 27.8 Å². The molecule has 2 N–H and O–H groups in total. The largest absolute Gasteiger partial charge is 0.496 e. The smallest absolute Gasteiger partial charge is 0.408 e. The number of hydrogen-bond acceptors (Lipinski definition) is 6. The molecular formula is C29H30N4O6S. The van der Waals surface area contributed by atoms with Crippen LogP contribution in [0.25, 0.3) is 32.7 Å². The van der Waals surface area contributed by atoms with Crippen molar-refractivity contribution >= 4 is 29.7 Å². The Morgan fingerprint density at radius 2 is 1.62 bits per heavy atom. The van der Waals surface area contributed by atoms with E-state index in [4.69, 9.17) is 15.0 Å². The Balaban J connectivity index is 1.67. The van der Waals surface area contributed by atoms with Crippen LogP contribution >= 0.6 is 11.8 Å². The van der Waals surface area contributed by atoms with E-state index < -0.39 is 29.6 Å². The van der Waals surface area contributed by atoms with E-state index in [0.29, 0.717) is 11.5 Å². The molecule has 0 spiro atoms. The van der Waals surface area contributed by atoms with Gasteiger partial charge < -0.3 is 19.9 Å². The number of ether oxygens (including phenoxy) is 2. The topological polar surface area (TPSA) is 151 Å². The van der Waals surface area contributed by atoms with Crippen LogP contribution < -0.4 is 10.1 Å². The Labute approximate surface area is 236 Å². The van der Waals surface area contributed by atoms with E-state index in [9.17, 15) is 19.5 Å². The minimum atomic E-state index is -1.12. The fourth-order valence-electron chi connectivity index (χ4n) is 3.73. The summed E-state index contributed by atoms with van der Waals surface area (Å²) in [6.07, 6.45) is -0.761. The van der Waals surface area contributed by atoms with Crippen molar-refractivity contribution in [1.82, 2.24) is 5.32 Å². The second-order valence-electron chi connectivity index (χ2n) is 9.74. The highest BCUT2D eigenvalue weighted by molar-refractivity contribution is 7.98. The van der Waals surface area contributed by atoms with E-state index in [1.807, 2.05) is 48.5 Å². The van der Waals surface area contributed by atoms with Crippen molar-refractivity contribution in [3.8, 4) is 28.0 Å². The number of alkyl carbamates (subject to hydrolysis) is 1. The normalized spacial score (nSPS) is 11.6. The lowest BCUT2D eigenvalue weighted by molar-refractivity contribution is -0.138. The third kappa shape index (κ3) is 8.52. The first-order valence-corrected chi connectivity index (χ1v) is 13.4. The summed E-state index contributed by atoms with van der Waals surface area (Å²) in [5, 5.41) is 15.0. The Morgan fingerprint density at radius 1 is 1.00 bits per heavy atom. The summed E-state index contributed by atoms with van der Waals surface area (Å²) < 4.78 is 10.5. The van der Waals surface area contributed by atoms with Crippen LogP contribution in [0.5, 0.6) is 5.75 Å². The van der Waals surface area contributed by atoms with Gasteiger partial charge in [-0.2, -0.15) is 11.8 Å². The zero-order valence-electron chi connectivity index (χ0n) is 22.6. The second kappa shape index (κ2) is 13.5. The first kappa shape index (κ1) is 30.1. The quantitative estimate of drug-likeness (QED) is 0.159. The average Bonchev–Trinajstić information content (AvgIpc) is 2.91. The molecule has 0 heterocycles. The highest BCUT2D eigenvalue weighted by atomic mass is 32.2. The summed E-state index contributed by atoms with van der Waals surface area (Å²) in [6, 6.07) is 19.8. The maximum atomic E-state index is 12.0. The second-order valence-corrected chi connectivity index (χ2v) is 10.8. The lowest BCUT2D eigenvalue weighted by atomic mass is 9.97. The summed E-state index contributed by atoms with van der Waals surface area (Å²) in [5.74, 6) is -0.761. The highest BCUT2D eigenvalue weighted by Crippen LogP contribution is 2.31. The number of carbonyl (C=O) groups is 3. The number of thioether (sulfide) groups is 1. The predicted octanol–water partition coefficient (Wildman–Crippen LogP) is 6.69. The number of amides is 2. The van der Waals surface area contributed by atoms with Crippen molar-refractivity contribution in [3.05, 3.63) is 88.3 Å². The van der Waals surface area contributed by atoms with Gasteiger partial charge in [-0.1, -0.05) is 48.5 Å². The van der Waals surface area contributed by atoms with Gasteiger partial charge in [0.25, 0.3) is 5.91 Å². The molecule has 0 aliphatic carbocycles. The fourth-order valence-corrected chi connectivity index (χ4v) is 4.74. The molecule has 208 valence electrons. The molecule has 40 heavy (non-hydrogen) atoms. The summed E-state index contributed by atoms with van der Waals surface area (Å²) in [4.78, 5) is 38.1. The van der Waals surface area contributed by atoms with Gasteiger partial charge in [0.2, 0.25) is 0 Å². The molecule has 0 saturated heterocycles. The molecule has 1 atom stereocenters. The summed E-state index contributed by atoms with van der Waals surface area (Å²) in [5.41, 5.74) is 12.8. The highest BCUT2D eigenvalue weighted by Gasteiger charge is 2.24. The molecule has 3 rings (SSSR count).